The van der Waals surface area contributed by atoms with Crippen LogP contribution < -0.4 is 0 Å². The van der Waals surface area contributed by atoms with Gasteiger partial charge in [0.25, 0.3) is 0 Å². The van der Waals surface area contributed by atoms with Crippen molar-refractivity contribution >= 4 is 33.8 Å². The molecule has 0 radical (unpaired) electrons. The Bertz CT molecular complexity index is 973. The highest BCUT2D eigenvalue weighted by atomic mass is 79.9. The lowest BCUT2D eigenvalue weighted by Crippen LogP contribution is -1.96. The Balaban J connectivity index is 1.85. The molecule has 126 valence electrons. The highest BCUT2D eigenvalue weighted by Crippen LogP contribution is 2.27. The number of benzene rings is 2. The first kappa shape index (κ1) is 17.2. The Labute approximate surface area is 154 Å². The van der Waals surface area contributed by atoms with Gasteiger partial charge < -0.3 is 9.52 Å². The molecule has 4 nitrogen and oxygen atoms in total. The van der Waals surface area contributed by atoms with Crippen molar-refractivity contribution in [2.45, 2.75) is 13.8 Å². The van der Waals surface area contributed by atoms with Crippen LogP contribution in [0.3, 0.4) is 0 Å². The lowest BCUT2D eigenvalue weighted by Gasteiger charge is -2.04. The third-order valence-corrected chi connectivity index (χ3v) is 4.35. The second-order valence-electron chi connectivity index (χ2n) is 5.73. The molecule has 3 rings (SSSR count). The number of aryl methyl sites for hydroxylation is 2. The third-order valence-electron chi connectivity index (χ3n) is 3.86. The standard InChI is InChI=1S/C20H16BrNO3/c1-12-9-14(20(23)24)3-6-17(12)19-8-5-16(25-19)11-22-18-7-4-15(21)10-13(18)2/h3-11H,1-2H3,(H,23,24). The molecule has 1 N–H and O–H groups in total. The number of nitrogens with zero attached hydrogens (tertiary/aromatic N) is 1. The molecule has 0 fully saturated rings. The van der Waals surface area contributed by atoms with E-state index in [0.29, 0.717) is 11.5 Å². The SMILES string of the molecule is Cc1cc(Br)ccc1N=Cc1ccc(-c2ccc(C(=O)O)cc2C)o1. The van der Waals surface area contributed by atoms with Crippen LogP contribution >= 0.6 is 15.9 Å². The van der Waals surface area contributed by atoms with Crippen LogP contribution in [0.2, 0.25) is 0 Å². The Hall–Kier alpha value is -2.66. The fourth-order valence-corrected chi connectivity index (χ4v) is 3.01. The van der Waals surface area contributed by atoms with Crippen LogP contribution in [0.25, 0.3) is 11.3 Å². The van der Waals surface area contributed by atoms with Crippen LogP contribution in [-0.2, 0) is 0 Å². The minimum atomic E-state index is -0.938. The number of hydrogen-bond donors (Lipinski definition) is 1. The summed E-state index contributed by atoms with van der Waals surface area (Å²) in [6, 6.07) is 14.6. The molecule has 0 saturated heterocycles. The quantitative estimate of drug-likeness (QED) is 0.567. The maximum absolute atomic E-state index is 11.0. The van der Waals surface area contributed by atoms with Crippen LogP contribution in [0, 0.1) is 13.8 Å². The van der Waals surface area contributed by atoms with Crippen LogP contribution in [0.15, 0.2) is 62.4 Å². The molecule has 25 heavy (non-hydrogen) atoms. The maximum atomic E-state index is 11.0. The zero-order chi connectivity index (χ0) is 18.0. The summed E-state index contributed by atoms with van der Waals surface area (Å²) >= 11 is 3.44. The summed E-state index contributed by atoms with van der Waals surface area (Å²) in [6.45, 7) is 3.86. The Morgan fingerprint density at radius 3 is 2.56 bits per heavy atom. The van der Waals surface area contributed by atoms with Crippen LogP contribution in [0.1, 0.15) is 27.2 Å². The van der Waals surface area contributed by atoms with E-state index >= 15 is 0 Å². The predicted octanol–water partition coefficient (Wildman–Crippen LogP) is 5.77. The number of hydrogen-bond acceptors (Lipinski definition) is 3. The summed E-state index contributed by atoms with van der Waals surface area (Å²) in [6.07, 6.45) is 1.68. The van der Waals surface area contributed by atoms with Crippen molar-refractivity contribution in [1.29, 1.82) is 0 Å². The zero-order valence-corrected chi connectivity index (χ0v) is 15.4. The number of aliphatic imine (C=N–C) groups is 1. The molecule has 0 bridgehead atoms. The highest BCUT2D eigenvalue weighted by molar-refractivity contribution is 9.10. The smallest absolute Gasteiger partial charge is 0.335 e. The van der Waals surface area contributed by atoms with E-state index < -0.39 is 5.97 Å². The van der Waals surface area contributed by atoms with Crippen molar-refractivity contribution in [3.05, 3.63) is 75.5 Å². The van der Waals surface area contributed by atoms with Gasteiger partial charge in [-0.2, -0.15) is 0 Å². The van der Waals surface area contributed by atoms with Crippen molar-refractivity contribution in [2.24, 2.45) is 4.99 Å². The number of aromatic carboxylic acids is 1. The van der Waals surface area contributed by atoms with Gasteiger partial charge in [-0.15, -0.1) is 0 Å². The molecular formula is C20H16BrNO3. The summed E-state index contributed by atoms with van der Waals surface area (Å²) in [4.78, 5) is 15.5. The minimum Gasteiger partial charge on any atom is -0.478 e. The third kappa shape index (κ3) is 3.88. The Kier molecular flexibility index (Phi) is 4.86. The Morgan fingerprint density at radius 1 is 1.08 bits per heavy atom. The van der Waals surface area contributed by atoms with Gasteiger partial charge in [-0.1, -0.05) is 22.0 Å². The fourth-order valence-electron chi connectivity index (χ4n) is 2.54. The summed E-state index contributed by atoms with van der Waals surface area (Å²) in [5.74, 6) is 0.384. The number of halogens is 1. The molecule has 2 aromatic carbocycles. The van der Waals surface area contributed by atoms with E-state index in [1.807, 2.05) is 44.2 Å². The first-order chi connectivity index (χ1) is 11.9. The van der Waals surface area contributed by atoms with Gasteiger partial charge in [-0.05, 0) is 67.4 Å². The maximum Gasteiger partial charge on any atom is 0.335 e. The van der Waals surface area contributed by atoms with E-state index in [1.165, 1.54) is 0 Å². The van der Waals surface area contributed by atoms with E-state index in [9.17, 15) is 4.79 Å². The van der Waals surface area contributed by atoms with Gasteiger partial charge in [-0.25, -0.2) is 4.79 Å². The van der Waals surface area contributed by atoms with Crippen LogP contribution in [0.5, 0.6) is 0 Å². The number of carbonyl (C=O) groups is 1. The van der Waals surface area contributed by atoms with Crippen molar-refractivity contribution in [3.8, 4) is 11.3 Å². The van der Waals surface area contributed by atoms with Crippen molar-refractivity contribution in [2.75, 3.05) is 0 Å². The average molecular weight is 398 g/mol. The summed E-state index contributed by atoms with van der Waals surface area (Å²) in [5, 5.41) is 9.05. The van der Waals surface area contributed by atoms with Gasteiger partial charge in [0.05, 0.1) is 17.5 Å². The second kappa shape index (κ2) is 7.07. The normalized spacial score (nSPS) is 11.2. The predicted molar refractivity (Wildman–Crippen MR) is 102 cm³/mol. The molecule has 1 heterocycles. The van der Waals surface area contributed by atoms with Crippen molar-refractivity contribution < 1.29 is 14.3 Å². The topological polar surface area (TPSA) is 62.8 Å². The molecule has 0 spiro atoms. The molecule has 0 aliphatic heterocycles. The molecule has 0 saturated carbocycles. The molecule has 3 aromatic rings. The van der Waals surface area contributed by atoms with Crippen LogP contribution in [-0.4, -0.2) is 17.3 Å². The summed E-state index contributed by atoms with van der Waals surface area (Å²) in [5.41, 5.74) is 3.92. The van der Waals surface area contributed by atoms with Gasteiger partial charge in [-0.3, -0.25) is 4.99 Å². The van der Waals surface area contributed by atoms with E-state index in [0.717, 1.165) is 26.9 Å². The number of carboxylic acids is 1. The first-order valence-electron chi connectivity index (χ1n) is 7.68. The number of carboxylic acid groups (broad SMARTS) is 1. The zero-order valence-electron chi connectivity index (χ0n) is 13.8. The van der Waals surface area contributed by atoms with Gasteiger partial charge >= 0.3 is 5.97 Å². The highest BCUT2D eigenvalue weighted by Gasteiger charge is 2.10. The van der Waals surface area contributed by atoms with E-state index in [2.05, 4.69) is 20.9 Å². The fraction of sp³-hybridized carbons (Fsp3) is 0.100. The van der Waals surface area contributed by atoms with Gasteiger partial charge in [0, 0.05) is 10.0 Å². The molecule has 0 atom stereocenters. The van der Waals surface area contributed by atoms with Crippen molar-refractivity contribution in [3.63, 3.8) is 0 Å². The molecule has 5 heteroatoms. The monoisotopic (exact) mass is 397 g/mol. The Morgan fingerprint density at radius 2 is 1.88 bits per heavy atom. The van der Waals surface area contributed by atoms with Gasteiger partial charge in [0.2, 0.25) is 0 Å². The minimum absolute atomic E-state index is 0.264. The molecule has 0 amide bonds. The molecule has 0 aliphatic carbocycles. The van der Waals surface area contributed by atoms with E-state index in [1.54, 1.807) is 24.4 Å². The average Bonchev–Trinajstić information content (AvgIpc) is 3.02. The largest absolute Gasteiger partial charge is 0.478 e. The summed E-state index contributed by atoms with van der Waals surface area (Å²) in [7, 11) is 0. The summed E-state index contributed by atoms with van der Waals surface area (Å²) < 4.78 is 6.85. The molecule has 0 unspecified atom stereocenters. The lowest BCUT2D eigenvalue weighted by molar-refractivity contribution is 0.0697. The molecular weight excluding hydrogens is 382 g/mol. The van der Waals surface area contributed by atoms with E-state index in [-0.39, 0.29) is 5.56 Å². The first-order valence-corrected chi connectivity index (χ1v) is 8.48. The van der Waals surface area contributed by atoms with Crippen LogP contribution in [0.4, 0.5) is 5.69 Å². The lowest BCUT2D eigenvalue weighted by atomic mass is 10.0. The number of furan rings is 1. The van der Waals surface area contributed by atoms with Crippen molar-refractivity contribution in [1.82, 2.24) is 0 Å². The number of rotatable bonds is 4. The van der Waals surface area contributed by atoms with Gasteiger partial charge in [0.15, 0.2) is 0 Å². The molecule has 0 aliphatic rings. The van der Waals surface area contributed by atoms with Gasteiger partial charge in [0.1, 0.15) is 11.5 Å². The second-order valence-corrected chi connectivity index (χ2v) is 6.64. The van der Waals surface area contributed by atoms with E-state index in [4.69, 9.17) is 9.52 Å². The molecule has 1 aromatic heterocycles.